The van der Waals surface area contributed by atoms with Crippen molar-refractivity contribution in [3.05, 3.63) is 262 Å². The number of para-hydroxylation sites is 1. The van der Waals surface area contributed by atoms with E-state index in [4.69, 9.17) is 9.97 Å². The zero-order valence-electron chi connectivity index (χ0n) is 35.2. The lowest BCUT2D eigenvalue weighted by Crippen LogP contribution is -2.31. The largest absolute Gasteiger partial charge is 0.232 e. The Morgan fingerprint density at radius 1 is 0.469 bits per heavy atom. The topological polar surface area (TPSA) is 25.8 Å². The molecular weight excluding hydrogens is 773 g/mol. The molecular formula is C62H42N2. The maximum absolute atomic E-state index is 5.62. The minimum Gasteiger partial charge on any atom is -0.232 e. The third-order valence-electron chi connectivity index (χ3n) is 15.2. The number of benzene rings is 8. The normalized spacial score (nSPS) is 18.9. The number of allylic oxidation sites excluding steroid dienone is 5. The summed E-state index contributed by atoms with van der Waals surface area (Å²) in [5, 5.41) is 1.08. The average Bonchev–Trinajstić information content (AvgIpc) is 3.88. The summed E-state index contributed by atoms with van der Waals surface area (Å²) in [5.41, 5.74) is 24.0. The molecule has 9 aromatic rings. The van der Waals surface area contributed by atoms with E-state index in [1.165, 1.54) is 89.0 Å². The van der Waals surface area contributed by atoms with Gasteiger partial charge in [0.25, 0.3) is 0 Å². The summed E-state index contributed by atoms with van der Waals surface area (Å²) in [6.07, 6.45) is 11.7. The van der Waals surface area contributed by atoms with Gasteiger partial charge in [-0.2, -0.15) is 0 Å². The van der Waals surface area contributed by atoms with Crippen molar-refractivity contribution in [1.82, 2.24) is 9.97 Å². The highest BCUT2D eigenvalue weighted by Gasteiger charge is 2.51. The monoisotopic (exact) mass is 814 g/mol. The van der Waals surface area contributed by atoms with Gasteiger partial charge in [-0.25, -0.2) is 9.97 Å². The molecule has 0 radical (unpaired) electrons. The lowest BCUT2D eigenvalue weighted by Gasteiger charge is -2.39. The van der Waals surface area contributed by atoms with Crippen LogP contribution >= 0.6 is 0 Å². The van der Waals surface area contributed by atoms with E-state index >= 15 is 0 Å². The Hall–Kier alpha value is -7.68. The number of fused-ring (bicyclic) bond motifs is 20. The molecule has 8 aromatic carbocycles. The molecule has 3 unspecified atom stereocenters. The fourth-order valence-corrected chi connectivity index (χ4v) is 12.8. The van der Waals surface area contributed by atoms with Crippen LogP contribution in [0.4, 0.5) is 0 Å². The predicted octanol–water partition coefficient (Wildman–Crippen LogP) is 15.0. The summed E-state index contributed by atoms with van der Waals surface area (Å²) in [6.45, 7) is 0. The molecule has 0 N–H and O–H groups in total. The smallest absolute Gasteiger partial charge is 0.137 e. The number of hydrogen-bond donors (Lipinski definition) is 0. The third kappa shape index (κ3) is 4.80. The second-order valence-electron chi connectivity index (χ2n) is 18.1. The van der Waals surface area contributed by atoms with E-state index in [1.54, 1.807) is 0 Å². The molecule has 0 bridgehead atoms. The Labute approximate surface area is 373 Å². The quantitative estimate of drug-likeness (QED) is 0.174. The highest BCUT2D eigenvalue weighted by atomic mass is 14.9. The van der Waals surface area contributed by atoms with Gasteiger partial charge in [-0.15, -0.1) is 0 Å². The first-order chi connectivity index (χ1) is 31.8. The van der Waals surface area contributed by atoms with E-state index in [1.807, 2.05) is 0 Å². The number of nitrogens with zero attached hydrogens (tertiary/aromatic N) is 2. The van der Waals surface area contributed by atoms with E-state index < -0.39 is 5.41 Å². The maximum atomic E-state index is 5.62. The van der Waals surface area contributed by atoms with E-state index in [-0.39, 0.29) is 17.8 Å². The van der Waals surface area contributed by atoms with E-state index in [0.717, 1.165) is 40.8 Å². The van der Waals surface area contributed by atoms with Crippen LogP contribution in [0.5, 0.6) is 0 Å². The zero-order chi connectivity index (χ0) is 41.9. The lowest BCUT2D eigenvalue weighted by atomic mass is 9.62. The third-order valence-corrected chi connectivity index (χ3v) is 15.2. The molecule has 5 aliphatic rings. The highest BCUT2D eigenvalue weighted by Crippen LogP contribution is 2.64. The molecule has 0 saturated heterocycles. The van der Waals surface area contributed by atoms with Crippen LogP contribution in [0.25, 0.3) is 67.2 Å². The molecule has 0 saturated carbocycles. The first-order valence-corrected chi connectivity index (χ1v) is 22.8. The molecule has 64 heavy (non-hydrogen) atoms. The Balaban J connectivity index is 1.13. The fraction of sp³-hybridized carbons (Fsp3) is 0.0968. The summed E-state index contributed by atoms with van der Waals surface area (Å²) in [4.78, 5) is 11.1. The Morgan fingerprint density at radius 3 is 1.86 bits per heavy atom. The highest BCUT2D eigenvalue weighted by molar-refractivity contribution is 6.02. The van der Waals surface area contributed by atoms with Crippen LogP contribution < -0.4 is 0 Å². The number of aromatic nitrogens is 2. The van der Waals surface area contributed by atoms with Gasteiger partial charge >= 0.3 is 0 Å². The zero-order valence-corrected chi connectivity index (χ0v) is 35.2. The molecule has 1 heterocycles. The van der Waals surface area contributed by atoms with Gasteiger partial charge in [-0.3, -0.25) is 0 Å². The summed E-state index contributed by atoms with van der Waals surface area (Å²) >= 11 is 0. The van der Waals surface area contributed by atoms with Crippen LogP contribution in [-0.2, 0) is 5.41 Å². The minimum atomic E-state index is -0.490. The van der Waals surface area contributed by atoms with Crippen molar-refractivity contribution in [3.8, 4) is 44.6 Å². The molecule has 0 amide bonds. The molecule has 0 fully saturated rings. The van der Waals surface area contributed by atoms with Crippen molar-refractivity contribution in [2.45, 2.75) is 30.1 Å². The molecule has 300 valence electrons. The molecule has 3 atom stereocenters. The van der Waals surface area contributed by atoms with Gasteiger partial charge in [-0.05, 0) is 108 Å². The van der Waals surface area contributed by atoms with Gasteiger partial charge in [0.2, 0.25) is 0 Å². The molecule has 2 nitrogen and oxygen atoms in total. The molecule has 5 aliphatic carbocycles. The summed E-state index contributed by atoms with van der Waals surface area (Å²) in [5.74, 6) is 1.02. The van der Waals surface area contributed by atoms with Crippen molar-refractivity contribution in [2.75, 3.05) is 0 Å². The standard InChI is InChI=1S/C62H42N2/c1-2-19-39(20-3-1)60-48-28-12-17-33-55(48)63-61(64-60)58-49-35-34-38-18-4-5-21-40(38)56(49)59-50(58)37-36-47-45-26-11-16-32-54(45)62(52-30-14-9-24-43(52)44-25-10-15-31-53(44)62)51-29-13-8-23-42(51)41-22-6-7-27-46(41)57(47)59/h1-15,17-31,33-37,49,56,58H,16,32H2. The average molecular weight is 815 g/mol. The van der Waals surface area contributed by atoms with E-state index in [0.29, 0.717) is 0 Å². The maximum Gasteiger partial charge on any atom is 0.137 e. The molecule has 1 aromatic heterocycles. The summed E-state index contributed by atoms with van der Waals surface area (Å²) in [7, 11) is 0. The first-order valence-electron chi connectivity index (χ1n) is 22.8. The van der Waals surface area contributed by atoms with Crippen molar-refractivity contribution < 1.29 is 0 Å². The minimum absolute atomic E-state index is 0.0654. The molecule has 2 heteroatoms. The lowest BCUT2D eigenvalue weighted by molar-refractivity contribution is 0.539. The van der Waals surface area contributed by atoms with Crippen LogP contribution in [0.2, 0.25) is 0 Å². The second-order valence-corrected chi connectivity index (χ2v) is 18.1. The number of hydrogen-bond acceptors (Lipinski definition) is 2. The van der Waals surface area contributed by atoms with Gasteiger partial charge in [0.15, 0.2) is 0 Å². The number of rotatable bonds is 2. The van der Waals surface area contributed by atoms with Gasteiger partial charge in [0.1, 0.15) is 5.82 Å². The van der Waals surface area contributed by atoms with Crippen LogP contribution in [0.1, 0.15) is 75.0 Å². The van der Waals surface area contributed by atoms with Crippen molar-refractivity contribution in [1.29, 1.82) is 0 Å². The van der Waals surface area contributed by atoms with Crippen LogP contribution in [0.15, 0.2) is 212 Å². The van der Waals surface area contributed by atoms with Gasteiger partial charge in [-0.1, -0.05) is 206 Å². The van der Waals surface area contributed by atoms with Crippen LogP contribution in [-0.4, -0.2) is 9.97 Å². The Bertz CT molecular complexity index is 3490. The Morgan fingerprint density at radius 2 is 1.09 bits per heavy atom. The second kappa shape index (κ2) is 13.7. The van der Waals surface area contributed by atoms with Crippen LogP contribution in [0, 0.1) is 5.92 Å². The SMILES string of the molecule is C1=CC2=C(CC1)C1(c3ccccc3-c3ccccc3-c3c2ccc2c3C3c4ccccc4C=CC3C2c2nc(-c3ccccc3)c3ccccc3n2)c2ccccc2-c2ccccc21. The van der Waals surface area contributed by atoms with E-state index in [2.05, 4.69) is 212 Å². The van der Waals surface area contributed by atoms with Gasteiger partial charge in [0.05, 0.1) is 22.5 Å². The predicted molar refractivity (Wildman–Crippen MR) is 262 cm³/mol. The van der Waals surface area contributed by atoms with Crippen molar-refractivity contribution >= 4 is 22.6 Å². The van der Waals surface area contributed by atoms with Gasteiger partial charge < -0.3 is 0 Å². The summed E-state index contributed by atoms with van der Waals surface area (Å²) < 4.78 is 0. The van der Waals surface area contributed by atoms with Crippen molar-refractivity contribution in [3.63, 3.8) is 0 Å². The Kier molecular flexibility index (Phi) is 7.65. The molecule has 0 aliphatic heterocycles. The summed E-state index contributed by atoms with van der Waals surface area (Å²) in [6, 6.07) is 70.3. The van der Waals surface area contributed by atoms with Gasteiger partial charge in [0, 0.05) is 22.8 Å². The van der Waals surface area contributed by atoms with E-state index in [9.17, 15) is 0 Å². The molecule has 14 rings (SSSR count). The molecule has 1 spiro atoms. The fourth-order valence-electron chi connectivity index (χ4n) is 12.8. The van der Waals surface area contributed by atoms with Crippen molar-refractivity contribution in [2.24, 2.45) is 5.92 Å². The van der Waals surface area contributed by atoms with Crippen LogP contribution in [0.3, 0.4) is 0 Å². The first kappa shape index (κ1) is 35.9.